The molecule has 1 saturated heterocycles. The molecule has 0 saturated carbocycles. The van der Waals surface area contributed by atoms with Gasteiger partial charge in [-0.1, -0.05) is 0 Å². The molecule has 0 unspecified atom stereocenters. The molecule has 0 bridgehead atoms. The van der Waals surface area contributed by atoms with Crippen LogP contribution in [0.2, 0.25) is 0 Å². The average molecular weight is 265 g/mol. The van der Waals surface area contributed by atoms with Crippen molar-refractivity contribution >= 4 is 23.2 Å². The van der Waals surface area contributed by atoms with Gasteiger partial charge in [0.1, 0.15) is 5.82 Å². The highest BCUT2D eigenvalue weighted by atomic mass is 16.6. The van der Waals surface area contributed by atoms with E-state index in [2.05, 4.69) is 15.6 Å². The minimum absolute atomic E-state index is 0.0464. The molecule has 0 aromatic carbocycles. The number of hydrogen-bond donors (Lipinski definition) is 2. The van der Waals surface area contributed by atoms with Gasteiger partial charge in [0, 0.05) is 39.2 Å². The molecule has 0 atom stereocenters. The van der Waals surface area contributed by atoms with Crippen LogP contribution < -0.4 is 15.5 Å². The molecule has 8 nitrogen and oxygen atoms in total. The number of carbonyl (C=O) groups excluding carboxylic acids is 1. The van der Waals surface area contributed by atoms with Crippen LogP contribution >= 0.6 is 0 Å². The lowest BCUT2D eigenvalue weighted by Crippen LogP contribution is -2.29. The van der Waals surface area contributed by atoms with Crippen LogP contribution in [0.5, 0.6) is 0 Å². The van der Waals surface area contributed by atoms with Crippen molar-refractivity contribution in [3.05, 3.63) is 22.2 Å². The van der Waals surface area contributed by atoms with E-state index in [0.717, 1.165) is 0 Å². The Kier molecular flexibility index (Phi) is 3.79. The normalized spacial score (nSPS) is 15.6. The third kappa shape index (κ3) is 2.90. The van der Waals surface area contributed by atoms with E-state index in [-0.39, 0.29) is 11.6 Å². The van der Waals surface area contributed by atoms with Crippen LogP contribution in [0.4, 0.5) is 17.3 Å². The summed E-state index contributed by atoms with van der Waals surface area (Å²) >= 11 is 0. The molecule has 0 aliphatic carbocycles. The van der Waals surface area contributed by atoms with Crippen molar-refractivity contribution in [2.75, 3.05) is 36.9 Å². The molecule has 0 radical (unpaired) electrons. The highest BCUT2D eigenvalue weighted by Gasteiger charge is 2.23. The van der Waals surface area contributed by atoms with Crippen LogP contribution in [0.15, 0.2) is 12.1 Å². The van der Waals surface area contributed by atoms with Crippen LogP contribution in [0.1, 0.15) is 6.42 Å². The Bertz CT molecular complexity index is 505. The first-order valence-corrected chi connectivity index (χ1v) is 5.96. The summed E-state index contributed by atoms with van der Waals surface area (Å²) in [7, 11) is 1.70. The maximum atomic E-state index is 11.3. The van der Waals surface area contributed by atoms with Crippen LogP contribution in [-0.2, 0) is 4.79 Å². The number of carbonyl (C=O) groups is 1. The van der Waals surface area contributed by atoms with Gasteiger partial charge in [-0.05, 0) is 6.07 Å². The first-order chi connectivity index (χ1) is 9.11. The van der Waals surface area contributed by atoms with Crippen molar-refractivity contribution in [2.45, 2.75) is 6.42 Å². The van der Waals surface area contributed by atoms with E-state index >= 15 is 0 Å². The summed E-state index contributed by atoms with van der Waals surface area (Å²) in [6, 6.07) is 2.98. The first kappa shape index (κ1) is 13.1. The van der Waals surface area contributed by atoms with Crippen molar-refractivity contribution in [3.8, 4) is 0 Å². The number of pyridine rings is 1. The predicted octanol–water partition coefficient (Wildman–Crippen LogP) is 0.358. The molecule has 1 aromatic rings. The van der Waals surface area contributed by atoms with Crippen molar-refractivity contribution in [2.24, 2.45) is 0 Å². The largest absolute Gasteiger partial charge is 0.373 e. The number of nitrogens with zero attached hydrogens (tertiary/aromatic N) is 3. The Hall–Kier alpha value is -2.38. The van der Waals surface area contributed by atoms with Gasteiger partial charge in [-0.2, -0.15) is 0 Å². The van der Waals surface area contributed by atoms with E-state index in [1.807, 2.05) is 0 Å². The Morgan fingerprint density at radius 3 is 2.95 bits per heavy atom. The number of hydrogen-bond acceptors (Lipinski definition) is 6. The first-order valence-electron chi connectivity index (χ1n) is 5.96. The van der Waals surface area contributed by atoms with Crippen molar-refractivity contribution in [1.29, 1.82) is 0 Å². The van der Waals surface area contributed by atoms with Gasteiger partial charge in [-0.25, -0.2) is 4.98 Å². The Morgan fingerprint density at radius 2 is 2.26 bits per heavy atom. The molecular formula is C11H15N5O3. The Morgan fingerprint density at radius 1 is 1.47 bits per heavy atom. The SMILES string of the molecule is CNc1ccc([N+](=O)[O-])c(N2CCNC(=O)CC2)n1. The average Bonchev–Trinajstić information content (AvgIpc) is 2.62. The molecule has 2 N–H and O–H groups in total. The van der Waals surface area contributed by atoms with Gasteiger partial charge in [-0.3, -0.25) is 14.9 Å². The molecule has 1 fully saturated rings. The molecule has 19 heavy (non-hydrogen) atoms. The third-order valence-corrected chi connectivity index (χ3v) is 2.92. The van der Waals surface area contributed by atoms with Crippen molar-refractivity contribution < 1.29 is 9.72 Å². The zero-order valence-electron chi connectivity index (χ0n) is 10.5. The maximum Gasteiger partial charge on any atom is 0.311 e. The van der Waals surface area contributed by atoms with Gasteiger partial charge in [0.05, 0.1) is 4.92 Å². The van der Waals surface area contributed by atoms with Gasteiger partial charge in [0.25, 0.3) is 0 Å². The van der Waals surface area contributed by atoms with E-state index in [4.69, 9.17) is 0 Å². The molecule has 0 spiro atoms. The van der Waals surface area contributed by atoms with E-state index in [1.54, 1.807) is 18.0 Å². The fraction of sp³-hybridized carbons (Fsp3) is 0.455. The van der Waals surface area contributed by atoms with E-state index in [9.17, 15) is 14.9 Å². The van der Waals surface area contributed by atoms with Crippen LogP contribution in [0, 0.1) is 10.1 Å². The van der Waals surface area contributed by atoms with Gasteiger partial charge in [-0.15, -0.1) is 0 Å². The zero-order chi connectivity index (χ0) is 13.8. The van der Waals surface area contributed by atoms with Gasteiger partial charge in [0.2, 0.25) is 11.7 Å². The highest BCUT2D eigenvalue weighted by molar-refractivity contribution is 5.77. The molecule has 1 aromatic heterocycles. The molecular weight excluding hydrogens is 250 g/mol. The molecule has 2 rings (SSSR count). The predicted molar refractivity (Wildman–Crippen MR) is 70.3 cm³/mol. The summed E-state index contributed by atoms with van der Waals surface area (Å²) in [6.07, 6.45) is 0.308. The molecule has 1 aliphatic rings. The van der Waals surface area contributed by atoms with Crippen molar-refractivity contribution in [3.63, 3.8) is 0 Å². The zero-order valence-corrected chi connectivity index (χ0v) is 10.5. The molecule has 2 heterocycles. The second-order valence-corrected chi connectivity index (χ2v) is 4.13. The van der Waals surface area contributed by atoms with E-state index in [0.29, 0.717) is 37.7 Å². The third-order valence-electron chi connectivity index (χ3n) is 2.92. The lowest BCUT2D eigenvalue weighted by atomic mass is 10.3. The number of aromatic nitrogens is 1. The number of nitrogens with one attached hydrogen (secondary N) is 2. The van der Waals surface area contributed by atoms with Crippen LogP contribution in [0.3, 0.4) is 0 Å². The lowest BCUT2D eigenvalue weighted by Gasteiger charge is -2.20. The highest BCUT2D eigenvalue weighted by Crippen LogP contribution is 2.27. The quantitative estimate of drug-likeness (QED) is 0.604. The van der Waals surface area contributed by atoms with Crippen LogP contribution in [0.25, 0.3) is 0 Å². The molecule has 1 aliphatic heterocycles. The second-order valence-electron chi connectivity index (χ2n) is 4.13. The van der Waals surface area contributed by atoms with Gasteiger partial charge in [0.15, 0.2) is 0 Å². The van der Waals surface area contributed by atoms with Gasteiger partial charge < -0.3 is 15.5 Å². The van der Waals surface area contributed by atoms with E-state index in [1.165, 1.54) is 6.07 Å². The Labute approximate surface area is 110 Å². The van der Waals surface area contributed by atoms with Gasteiger partial charge >= 0.3 is 5.69 Å². The topological polar surface area (TPSA) is 100 Å². The summed E-state index contributed by atoms with van der Waals surface area (Å²) in [5.74, 6) is 0.812. The van der Waals surface area contributed by atoms with Crippen LogP contribution in [-0.4, -0.2) is 42.5 Å². The smallest absolute Gasteiger partial charge is 0.311 e. The maximum absolute atomic E-state index is 11.3. The lowest BCUT2D eigenvalue weighted by molar-refractivity contribution is -0.384. The summed E-state index contributed by atoms with van der Waals surface area (Å²) in [5.41, 5.74) is -0.0478. The fourth-order valence-electron chi connectivity index (χ4n) is 1.93. The monoisotopic (exact) mass is 265 g/mol. The molecule has 1 amide bonds. The number of rotatable bonds is 3. The molecule has 8 heteroatoms. The minimum atomic E-state index is -0.456. The summed E-state index contributed by atoms with van der Waals surface area (Å²) in [4.78, 5) is 27.9. The standard InChI is InChI=1S/C11H15N5O3/c1-12-9-3-2-8(16(18)19)11(14-9)15-6-4-10(17)13-5-7-15/h2-3H,4-7H2,1H3,(H,12,14)(H,13,17). The number of nitro groups is 1. The summed E-state index contributed by atoms with van der Waals surface area (Å²) < 4.78 is 0. The summed E-state index contributed by atoms with van der Waals surface area (Å²) in [6.45, 7) is 1.39. The fourth-order valence-corrected chi connectivity index (χ4v) is 1.93. The number of amides is 1. The molecule has 102 valence electrons. The summed E-state index contributed by atoms with van der Waals surface area (Å²) in [5, 5.41) is 16.6. The minimum Gasteiger partial charge on any atom is -0.373 e. The van der Waals surface area contributed by atoms with Crippen molar-refractivity contribution in [1.82, 2.24) is 10.3 Å². The Balaban J connectivity index is 2.35. The van der Waals surface area contributed by atoms with E-state index < -0.39 is 4.92 Å². The number of anilines is 2. The second kappa shape index (κ2) is 5.51.